The van der Waals surface area contributed by atoms with Crippen molar-refractivity contribution in [1.29, 1.82) is 0 Å². The van der Waals surface area contributed by atoms with Crippen LogP contribution in [0.1, 0.15) is 23.6 Å². The van der Waals surface area contributed by atoms with Crippen LogP contribution < -0.4 is 11.1 Å². The summed E-state index contributed by atoms with van der Waals surface area (Å²) in [7, 11) is 0. The number of nitrogens with two attached hydrogens (primary N) is 1. The molecule has 3 N–H and O–H groups in total. The van der Waals surface area contributed by atoms with Crippen molar-refractivity contribution in [2.24, 2.45) is 0 Å². The lowest BCUT2D eigenvalue weighted by molar-refractivity contribution is -0.121. The Bertz CT molecular complexity index is 736. The van der Waals surface area contributed by atoms with Crippen molar-refractivity contribution in [1.82, 2.24) is 4.90 Å². The molecule has 0 spiro atoms. The Labute approximate surface area is 161 Å². The molecule has 1 heterocycles. The van der Waals surface area contributed by atoms with Gasteiger partial charge in [-0.1, -0.05) is 30.3 Å². The molecule has 0 fully saturated rings. The highest BCUT2D eigenvalue weighted by Gasteiger charge is 2.25. The van der Waals surface area contributed by atoms with E-state index in [9.17, 15) is 4.79 Å². The van der Waals surface area contributed by atoms with Crippen LogP contribution in [0, 0.1) is 6.92 Å². The van der Waals surface area contributed by atoms with Gasteiger partial charge >= 0.3 is 0 Å². The fraction of sp³-hybridized carbons (Fsp3) is 0.316. The predicted molar refractivity (Wildman–Crippen MR) is 109 cm³/mol. The second-order valence-electron chi connectivity index (χ2n) is 6.23. The minimum atomic E-state index is -0.177. The van der Waals surface area contributed by atoms with Crippen LogP contribution in [0.25, 0.3) is 0 Å². The first-order valence-corrected chi connectivity index (χ1v) is 8.02. The number of rotatable bonds is 3. The van der Waals surface area contributed by atoms with Crippen molar-refractivity contribution >= 4 is 42.1 Å². The Morgan fingerprint density at radius 3 is 2.56 bits per heavy atom. The van der Waals surface area contributed by atoms with Gasteiger partial charge in [0.25, 0.3) is 0 Å². The molecule has 4 nitrogen and oxygen atoms in total. The SMILES string of the molecule is Cc1ccc(N)cc1NC(=O)C(C)N1CCc2ccccc2C1.Cl.Cl. The number of amides is 1. The fourth-order valence-corrected chi connectivity index (χ4v) is 3.03. The first kappa shape index (κ1) is 21.3. The summed E-state index contributed by atoms with van der Waals surface area (Å²) in [6, 6.07) is 13.9. The molecule has 0 saturated heterocycles. The molecular weight excluding hydrogens is 357 g/mol. The van der Waals surface area contributed by atoms with Gasteiger partial charge in [-0.25, -0.2) is 0 Å². The monoisotopic (exact) mass is 381 g/mol. The maximum absolute atomic E-state index is 12.6. The summed E-state index contributed by atoms with van der Waals surface area (Å²) in [5, 5.41) is 3.01. The molecule has 1 amide bonds. The number of hydrogen-bond acceptors (Lipinski definition) is 3. The van der Waals surface area contributed by atoms with E-state index in [2.05, 4.69) is 34.5 Å². The van der Waals surface area contributed by atoms with Gasteiger partial charge in [0.15, 0.2) is 0 Å². The predicted octanol–water partition coefficient (Wildman–Crippen LogP) is 3.81. The van der Waals surface area contributed by atoms with Crippen molar-refractivity contribution in [3.63, 3.8) is 0 Å². The quantitative estimate of drug-likeness (QED) is 0.794. The zero-order valence-corrected chi connectivity index (χ0v) is 16.1. The lowest BCUT2D eigenvalue weighted by Gasteiger charge is -2.33. The van der Waals surface area contributed by atoms with E-state index in [1.54, 1.807) is 0 Å². The van der Waals surface area contributed by atoms with Crippen molar-refractivity contribution in [2.45, 2.75) is 32.9 Å². The number of carbonyl (C=O) groups is 1. The third kappa shape index (κ3) is 4.88. The van der Waals surface area contributed by atoms with Gasteiger partial charge in [0.2, 0.25) is 5.91 Å². The number of benzene rings is 2. The number of nitrogens with one attached hydrogen (secondary N) is 1. The average molecular weight is 382 g/mol. The van der Waals surface area contributed by atoms with Crippen LogP contribution in [-0.4, -0.2) is 23.4 Å². The van der Waals surface area contributed by atoms with Crippen molar-refractivity contribution in [3.8, 4) is 0 Å². The molecule has 6 heteroatoms. The van der Waals surface area contributed by atoms with Crippen molar-refractivity contribution in [3.05, 3.63) is 59.2 Å². The van der Waals surface area contributed by atoms with E-state index in [4.69, 9.17) is 5.73 Å². The molecule has 0 saturated carbocycles. The fourth-order valence-electron chi connectivity index (χ4n) is 3.03. The zero-order chi connectivity index (χ0) is 16.4. The van der Waals surface area contributed by atoms with Crippen LogP contribution in [0.5, 0.6) is 0 Å². The molecule has 1 unspecified atom stereocenters. The summed E-state index contributed by atoms with van der Waals surface area (Å²) in [4.78, 5) is 14.8. The Kier molecular flexibility index (Phi) is 7.74. The molecule has 25 heavy (non-hydrogen) atoms. The number of anilines is 2. The lowest BCUT2D eigenvalue weighted by Crippen LogP contribution is -2.44. The van der Waals surface area contributed by atoms with Crippen LogP contribution in [0.15, 0.2) is 42.5 Å². The number of aryl methyl sites for hydroxylation is 1. The topological polar surface area (TPSA) is 58.4 Å². The number of carbonyl (C=O) groups excluding carboxylic acids is 1. The number of fused-ring (bicyclic) bond motifs is 1. The zero-order valence-electron chi connectivity index (χ0n) is 14.5. The van der Waals surface area contributed by atoms with E-state index in [-0.39, 0.29) is 36.8 Å². The van der Waals surface area contributed by atoms with Gasteiger partial charge in [-0.3, -0.25) is 9.69 Å². The molecule has 0 aromatic heterocycles. The number of nitrogens with zero attached hydrogens (tertiary/aromatic N) is 1. The molecule has 0 radical (unpaired) electrons. The molecule has 2 aromatic rings. The molecule has 2 aromatic carbocycles. The largest absolute Gasteiger partial charge is 0.399 e. The summed E-state index contributed by atoms with van der Waals surface area (Å²) < 4.78 is 0. The standard InChI is InChI=1S/C19H23N3O.2ClH/c1-13-7-8-17(20)11-18(13)21-19(23)14(2)22-10-9-15-5-3-4-6-16(15)12-22;;/h3-8,11,14H,9-10,12,20H2,1-2H3,(H,21,23);2*1H. The van der Waals surface area contributed by atoms with E-state index < -0.39 is 0 Å². The maximum Gasteiger partial charge on any atom is 0.241 e. The maximum atomic E-state index is 12.6. The summed E-state index contributed by atoms with van der Waals surface area (Å²) >= 11 is 0. The first-order chi connectivity index (χ1) is 11.0. The number of halogens is 2. The molecule has 0 aliphatic carbocycles. The van der Waals surface area contributed by atoms with E-state index in [1.165, 1.54) is 11.1 Å². The van der Waals surface area contributed by atoms with Crippen molar-refractivity contribution in [2.75, 3.05) is 17.6 Å². The summed E-state index contributed by atoms with van der Waals surface area (Å²) in [6.07, 6.45) is 0.991. The Balaban J connectivity index is 0.00000156. The molecule has 1 aliphatic heterocycles. The molecule has 3 rings (SSSR count). The van der Waals surface area contributed by atoms with Crippen molar-refractivity contribution < 1.29 is 4.79 Å². The third-order valence-corrected chi connectivity index (χ3v) is 4.61. The molecule has 0 bridgehead atoms. The lowest BCUT2D eigenvalue weighted by atomic mass is 9.98. The van der Waals surface area contributed by atoms with Gasteiger partial charge in [-0.05, 0) is 49.1 Å². The second kappa shape index (κ2) is 9.09. The smallest absolute Gasteiger partial charge is 0.241 e. The van der Waals surface area contributed by atoms with Crippen LogP contribution in [0.4, 0.5) is 11.4 Å². The highest BCUT2D eigenvalue weighted by molar-refractivity contribution is 5.95. The van der Waals surface area contributed by atoms with Crippen LogP contribution in [-0.2, 0) is 17.8 Å². The highest BCUT2D eigenvalue weighted by atomic mass is 35.5. The molecular formula is C19H25Cl2N3O. The first-order valence-electron chi connectivity index (χ1n) is 8.02. The molecule has 1 aliphatic rings. The normalized spacial score (nSPS) is 14.5. The summed E-state index contributed by atoms with van der Waals surface area (Å²) in [5.74, 6) is 0.0121. The van der Waals surface area contributed by atoms with Gasteiger partial charge in [-0.15, -0.1) is 24.8 Å². The van der Waals surface area contributed by atoms with E-state index in [0.29, 0.717) is 5.69 Å². The van der Waals surface area contributed by atoms with Gasteiger partial charge in [0.05, 0.1) is 6.04 Å². The van der Waals surface area contributed by atoms with Gasteiger partial charge in [0, 0.05) is 24.5 Å². The van der Waals surface area contributed by atoms with E-state index in [1.807, 2.05) is 32.0 Å². The molecule has 1 atom stereocenters. The highest BCUT2D eigenvalue weighted by Crippen LogP contribution is 2.22. The molecule has 136 valence electrons. The third-order valence-electron chi connectivity index (χ3n) is 4.61. The van der Waals surface area contributed by atoms with Crippen LogP contribution in [0.2, 0.25) is 0 Å². The number of nitrogen functional groups attached to an aromatic ring is 1. The van der Waals surface area contributed by atoms with E-state index >= 15 is 0 Å². The summed E-state index contributed by atoms with van der Waals surface area (Å²) in [5.41, 5.74) is 11.0. The Morgan fingerprint density at radius 2 is 1.84 bits per heavy atom. The second-order valence-corrected chi connectivity index (χ2v) is 6.23. The Hall–Kier alpha value is -1.75. The van der Waals surface area contributed by atoms with E-state index in [0.717, 1.165) is 30.8 Å². The van der Waals surface area contributed by atoms with Crippen LogP contribution >= 0.6 is 24.8 Å². The van der Waals surface area contributed by atoms with Crippen LogP contribution in [0.3, 0.4) is 0 Å². The van der Waals surface area contributed by atoms with Gasteiger partial charge in [-0.2, -0.15) is 0 Å². The van der Waals surface area contributed by atoms with Gasteiger partial charge in [0.1, 0.15) is 0 Å². The average Bonchev–Trinajstić information content (AvgIpc) is 2.57. The minimum absolute atomic E-state index is 0. The summed E-state index contributed by atoms with van der Waals surface area (Å²) in [6.45, 7) is 5.66. The number of hydrogen-bond donors (Lipinski definition) is 2. The Morgan fingerprint density at radius 1 is 1.16 bits per heavy atom. The minimum Gasteiger partial charge on any atom is -0.399 e. The van der Waals surface area contributed by atoms with Gasteiger partial charge < -0.3 is 11.1 Å².